The van der Waals surface area contributed by atoms with Gasteiger partial charge in [0.1, 0.15) is 0 Å². The van der Waals surface area contributed by atoms with Crippen LogP contribution < -0.4 is 9.80 Å². The number of carbonyl (C=O) groups is 1. The number of fused-ring (bicyclic) bond motifs is 4. The number of benzene rings is 1. The van der Waals surface area contributed by atoms with E-state index in [0.29, 0.717) is 24.8 Å². The Kier molecular flexibility index (Phi) is 6.05. The molecule has 29 heavy (non-hydrogen) atoms. The van der Waals surface area contributed by atoms with Crippen LogP contribution in [0.5, 0.6) is 0 Å². The monoisotopic (exact) mass is 399 g/mol. The Morgan fingerprint density at radius 1 is 1.03 bits per heavy atom. The minimum atomic E-state index is 0.0907. The van der Waals surface area contributed by atoms with E-state index in [2.05, 4.69) is 52.8 Å². The maximum absolute atomic E-state index is 12.7. The molecule has 4 heterocycles. The van der Waals surface area contributed by atoms with Gasteiger partial charge in [-0.2, -0.15) is 0 Å². The average Bonchev–Trinajstić information content (AvgIpc) is 3.00. The Morgan fingerprint density at radius 3 is 2.41 bits per heavy atom. The lowest BCUT2D eigenvalue weighted by atomic mass is 9.73. The summed E-state index contributed by atoms with van der Waals surface area (Å²) in [7, 11) is 0. The summed E-state index contributed by atoms with van der Waals surface area (Å²) in [6, 6.07) is 9.49. The van der Waals surface area contributed by atoms with Gasteiger partial charge in [-0.3, -0.25) is 4.79 Å². The number of anilines is 2. The molecule has 0 aromatic heterocycles. The molecule has 0 radical (unpaired) electrons. The van der Waals surface area contributed by atoms with Gasteiger partial charge in [0.05, 0.1) is 6.04 Å². The summed E-state index contributed by atoms with van der Waals surface area (Å²) in [6.45, 7) is 9.83. The number of hydrogen-bond acceptors (Lipinski definition) is 4. The molecule has 1 aromatic carbocycles. The van der Waals surface area contributed by atoms with Gasteiger partial charge in [-0.05, 0) is 67.7 Å². The Hall–Kier alpha value is -1.75. The number of nitrogens with zero attached hydrogens (tertiary/aromatic N) is 3. The maximum atomic E-state index is 12.7. The van der Waals surface area contributed by atoms with Crippen LogP contribution in [-0.2, 0) is 4.79 Å². The molecule has 5 heteroatoms. The SMILES string of the molecule is CC1(C)CC2CN(C(=O)CCCO)CC1N(c1ccc(N3CCCCC3)cc1)C2. The molecule has 0 saturated carbocycles. The number of amides is 1. The first-order chi connectivity index (χ1) is 14.0. The molecule has 1 aromatic rings. The number of aliphatic hydroxyl groups is 1. The minimum absolute atomic E-state index is 0.0907. The van der Waals surface area contributed by atoms with Crippen molar-refractivity contribution in [1.82, 2.24) is 4.90 Å². The van der Waals surface area contributed by atoms with Gasteiger partial charge in [0.2, 0.25) is 5.91 Å². The van der Waals surface area contributed by atoms with E-state index in [1.165, 1.54) is 50.1 Å². The molecule has 0 spiro atoms. The van der Waals surface area contributed by atoms with Crippen molar-refractivity contribution in [3.63, 3.8) is 0 Å². The second-order valence-corrected chi connectivity index (χ2v) is 9.92. The zero-order valence-electron chi connectivity index (χ0n) is 18.1. The first kappa shape index (κ1) is 20.5. The van der Waals surface area contributed by atoms with E-state index in [1.807, 2.05) is 0 Å². The second kappa shape index (κ2) is 8.55. The highest BCUT2D eigenvalue weighted by molar-refractivity contribution is 5.76. The number of carbonyl (C=O) groups excluding carboxylic acids is 1. The summed E-state index contributed by atoms with van der Waals surface area (Å²) in [5.41, 5.74) is 2.81. The molecule has 0 aliphatic carbocycles. The third kappa shape index (κ3) is 4.40. The van der Waals surface area contributed by atoms with Crippen LogP contribution in [0.3, 0.4) is 0 Å². The third-order valence-electron chi connectivity index (χ3n) is 7.22. The van der Waals surface area contributed by atoms with Crippen LogP contribution in [0.15, 0.2) is 24.3 Å². The number of aliphatic hydroxyl groups excluding tert-OH is 1. The Labute approximate surface area is 175 Å². The van der Waals surface area contributed by atoms with Crippen LogP contribution in [0.2, 0.25) is 0 Å². The fraction of sp³-hybridized carbons (Fsp3) is 0.708. The summed E-state index contributed by atoms with van der Waals surface area (Å²) in [4.78, 5) is 19.8. The highest BCUT2D eigenvalue weighted by atomic mass is 16.3. The number of piperidine rings is 2. The minimum Gasteiger partial charge on any atom is -0.396 e. The molecule has 4 fully saturated rings. The molecule has 1 N–H and O–H groups in total. The maximum Gasteiger partial charge on any atom is 0.222 e. The van der Waals surface area contributed by atoms with Crippen LogP contribution >= 0.6 is 0 Å². The van der Waals surface area contributed by atoms with E-state index in [9.17, 15) is 4.79 Å². The van der Waals surface area contributed by atoms with E-state index in [1.54, 1.807) is 0 Å². The fourth-order valence-electron chi connectivity index (χ4n) is 5.72. The lowest BCUT2D eigenvalue weighted by molar-refractivity contribution is -0.131. The Morgan fingerprint density at radius 2 is 1.72 bits per heavy atom. The van der Waals surface area contributed by atoms with Gasteiger partial charge in [0.15, 0.2) is 0 Å². The van der Waals surface area contributed by atoms with Gasteiger partial charge in [-0.1, -0.05) is 13.8 Å². The van der Waals surface area contributed by atoms with Gasteiger partial charge in [0, 0.05) is 57.1 Å². The van der Waals surface area contributed by atoms with Gasteiger partial charge >= 0.3 is 0 Å². The molecule has 160 valence electrons. The van der Waals surface area contributed by atoms with Crippen molar-refractivity contribution in [1.29, 1.82) is 0 Å². The predicted octanol–water partition coefficient (Wildman–Crippen LogP) is 3.51. The van der Waals surface area contributed by atoms with E-state index >= 15 is 0 Å². The van der Waals surface area contributed by atoms with Crippen molar-refractivity contribution in [2.75, 3.05) is 49.1 Å². The molecule has 5 nitrogen and oxygen atoms in total. The van der Waals surface area contributed by atoms with Crippen LogP contribution in [0.1, 0.15) is 52.4 Å². The number of hydrogen-bond donors (Lipinski definition) is 1. The molecular formula is C24H37N3O2. The van der Waals surface area contributed by atoms with Crippen molar-refractivity contribution in [3.05, 3.63) is 24.3 Å². The molecule has 4 aliphatic heterocycles. The first-order valence-corrected chi connectivity index (χ1v) is 11.5. The highest BCUT2D eigenvalue weighted by Gasteiger charge is 2.46. The van der Waals surface area contributed by atoms with E-state index < -0.39 is 0 Å². The topological polar surface area (TPSA) is 47.0 Å². The largest absolute Gasteiger partial charge is 0.396 e. The first-order valence-electron chi connectivity index (χ1n) is 11.5. The van der Waals surface area contributed by atoms with Gasteiger partial charge in [0.25, 0.3) is 0 Å². The molecule has 5 rings (SSSR count). The molecule has 1 amide bonds. The predicted molar refractivity (Wildman–Crippen MR) is 118 cm³/mol. The molecule has 2 unspecified atom stereocenters. The summed E-state index contributed by atoms with van der Waals surface area (Å²) in [6.07, 6.45) is 6.15. The molecule has 4 saturated heterocycles. The zero-order chi connectivity index (χ0) is 20.4. The normalized spacial score (nSPS) is 26.5. The smallest absolute Gasteiger partial charge is 0.222 e. The van der Waals surface area contributed by atoms with Gasteiger partial charge < -0.3 is 19.8 Å². The average molecular weight is 400 g/mol. The lowest BCUT2D eigenvalue weighted by Crippen LogP contribution is -2.54. The van der Waals surface area contributed by atoms with Gasteiger partial charge in [-0.25, -0.2) is 0 Å². The summed E-state index contributed by atoms with van der Waals surface area (Å²) in [5.74, 6) is 0.706. The number of rotatable bonds is 5. The second-order valence-electron chi connectivity index (χ2n) is 9.92. The highest BCUT2D eigenvalue weighted by Crippen LogP contribution is 2.43. The third-order valence-corrected chi connectivity index (χ3v) is 7.22. The van der Waals surface area contributed by atoms with Crippen molar-refractivity contribution in [3.8, 4) is 0 Å². The van der Waals surface area contributed by atoms with Crippen LogP contribution in [0.25, 0.3) is 0 Å². The molecule has 2 bridgehead atoms. The van der Waals surface area contributed by atoms with E-state index in [0.717, 1.165) is 19.6 Å². The fourth-order valence-corrected chi connectivity index (χ4v) is 5.72. The summed E-state index contributed by atoms with van der Waals surface area (Å²) < 4.78 is 0. The van der Waals surface area contributed by atoms with Crippen LogP contribution in [-0.4, -0.2) is 61.3 Å². The van der Waals surface area contributed by atoms with Crippen LogP contribution in [0.4, 0.5) is 11.4 Å². The van der Waals surface area contributed by atoms with Crippen molar-refractivity contribution >= 4 is 17.3 Å². The summed E-state index contributed by atoms with van der Waals surface area (Å²) >= 11 is 0. The quantitative estimate of drug-likeness (QED) is 0.823. The molecule has 2 atom stereocenters. The van der Waals surface area contributed by atoms with Gasteiger partial charge in [-0.15, -0.1) is 0 Å². The Balaban J connectivity index is 1.52. The van der Waals surface area contributed by atoms with E-state index in [-0.39, 0.29) is 17.9 Å². The standard InChI is InChI=1S/C24H37N3O2/c1-24(2)15-19-16-26(23(29)7-6-14-28)18-22(24)27(17-19)21-10-8-20(9-11-21)25-12-4-3-5-13-25/h8-11,19,22,28H,3-7,12-18H2,1-2H3. The van der Waals surface area contributed by atoms with E-state index in [4.69, 9.17) is 5.11 Å². The summed E-state index contributed by atoms with van der Waals surface area (Å²) in [5, 5.41) is 9.09. The molecular weight excluding hydrogens is 362 g/mol. The van der Waals surface area contributed by atoms with Crippen molar-refractivity contribution in [2.45, 2.75) is 58.4 Å². The zero-order valence-corrected chi connectivity index (χ0v) is 18.1. The van der Waals surface area contributed by atoms with Crippen LogP contribution in [0, 0.1) is 11.3 Å². The molecule has 4 aliphatic rings. The van der Waals surface area contributed by atoms with Crippen molar-refractivity contribution in [2.24, 2.45) is 11.3 Å². The Bertz CT molecular complexity index is 697. The lowest BCUT2D eigenvalue weighted by Gasteiger charge is -2.48. The van der Waals surface area contributed by atoms with Crippen molar-refractivity contribution < 1.29 is 9.90 Å².